The number of carbonyl (C=O) groups excluding carboxylic acids is 2. The number of nitrogens with one attached hydrogen (secondary N) is 2. The summed E-state index contributed by atoms with van der Waals surface area (Å²) < 4.78 is 0. The smallest absolute Gasteiger partial charge is 0.224 e. The van der Waals surface area contributed by atoms with E-state index in [1.54, 1.807) is 12.1 Å². The molecule has 0 unspecified atom stereocenters. The minimum Gasteiger partial charge on any atom is -0.506 e. The lowest BCUT2D eigenvalue weighted by Gasteiger charge is -2.54. The van der Waals surface area contributed by atoms with Crippen molar-refractivity contribution in [2.75, 3.05) is 19.6 Å². The van der Waals surface area contributed by atoms with E-state index in [2.05, 4.69) is 15.5 Å². The minimum absolute atomic E-state index is 0. The van der Waals surface area contributed by atoms with E-state index in [9.17, 15) is 14.7 Å². The van der Waals surface area contributed by atoms with Gasteiger partial charge in [-0.3, -0.25) is 9.59 Å². The van der Waals surface area contributed by atoms with Crippen LogP contribution in [0, 0.1) is 11.8 Å². The molecule has 4 atom stereocenters. The second-order valence-electron chi connectivity index (χ2n) is 8.01. The summed E-state index contributed by atoms with van der Waals surface area (Å²) in [5.74, 6) is 1.10. The fourth-order valence-electron chi connectivity index (χ4n) is 5.02. The van der Waals surface area contributed by atoms with Gasteiger partial charge in [-0.05, 0) is 55.3 Å². The van der Waals surface area contributed by atoms with Crippen LogP contribution in [0.25, 0.3) is 0 Å². The highest BCUT2D eigenvalue weighted by Gasteiger charge is 2.47. The fraction of sp³-hybridized carbons (Fsp3) is 0.600. The lowest BCUT2D eigenvalue weighted by molar-refractivity contribution is -0.149. The number of aromatic hydroxyl groups is 1. The van der Waals surface area contributed by atoms with Gasteiger partial charge in [-0.15, -0.1) is 12.4 Å². The lowest BCUT2D eigenvalue weighted by Crippen LogP contribution is -2.66. The number of amides is 2. The van der Waals surface area contributed by atoms with Gasteiger partial charge in [0, 0.05) is 25.6 Å². The summed E-state index contributed by atoms with van der Waals surface area (Å²) in [5, 5.41) is 16.3. The van der Waals surface area contributed by atoms with Crippen molar-refractivity contribution in [2.24, 2.45) is 11.8 Å². The van der Waals surface area contributed by atoms with E-state index in [0.29, 0.717) is 30.8 Å². The van der Waals surface area contributed by atoms with Crippen LogP contribution < -0.4 is 10.6 Å². The number of benzene rings is 1. The Hall–Kier alpha value is -1.50. The molecule has 0 aliphatic carbocycles. The zero-order valence-electron chi connectivity index (χ0n) is 15.7. The first-order valence-corrected chi connectivity index (χ1v) is 10.2. The maximum absolute atomic E-state index is 12.6. The van der Waals surface area contributed by atoms with Gasteiger partial charge in [-0.2, -0.15) is 0 Å². The van der Waals surface area contributed by atoms with E-state index in [0.717, 1.165) is 37.9 Å². The molecule has 0 spiro atoms. The summed E-state index contributed by atoms with van der Waals surface area (Å²) in [7, 11) is 0. The van der Waals surface area contributed by atoms with Gasteiger partial charge in [0.25, 0.3) is 0 Å². The van der Waals surface area contributed by atoms with Gasteiger partial charge in [0.2, 0.25) is 11.8 Å². The maximum Gasteiger partial charge on any atom is 0.224 e. The number of halogens is 2. The first-order chi connectivity index (χ1) is 13.0. The Morgan fingerprint density at radius 2 is 2.11 bits per heavy atom. The molecule has 2 bridgehead atoms. The predicted octanol–water partition coefficient (Wildman–Crippen LogP) is 2.12. The minimum atomic E-state index is -0.0938. The third-order valence-corrected chi connectivity index (χ3v) is 6.59. The molecule has 154 valence electrons. The first-order valence-electron chi connectivity index (χ1n) is 9.79. The van der Waals surface area contributed by atoms with Crippen molar-refractivity contribution in [3.63, 3.8) is 0 Å². The molecular weight excluding hydrogens is 401 g/mol. The van der Waals surface area contributed by atoms with E-state index in [4.69, 9.17) is 11.6 Å². The average molecular weight is 428 g/mol. The number of phenolic OH excluding ortho intramolecular Hbond substituents is 1. The lowest BCUT2D eigenvalue weighted by atomic mass is 9.72. The highest BCUT2D eigenvalue weighted by Crippen LogP contribution is 2.39. The van der Waals surface area contributed by atoms with Crippen molar-refractivity contribution in [2.45, 2.75) is 44.2 Å². The van der Waals surface area contributed by atoms with Crippen LogP contribution in [0.4, 0.5) is 0 Å². The van der Waals surface area contributed by atoms with Crippen LogP contribution >= 0.6 is 24.0 Å². The van der Waals surface area contributed by atoms with Crippen molar-refractivity contribution >= 4 is 35.8 Å². The van der Waals surface area contributed by atoms with Crippen LogP contribution in [0.2, 0.25) is 5.02 Å². The molecule has 3 heterocycles. The number of fused-ring (bicyclic) bond motifs is 4. The highest BCUT2D eigenvalue weighted by molar-refractivity contribution is 6.32. The van der Waals surface area contributed by atoms with Crippen LogP contribution in [0.1, 0.15) is 31.2 Å². The largest absolute Gasteiger partial charge is 0.506 e. The van der Waals surface area contributed by atoms with Crippen LogP contribution in [-0.2, 0) is 16.0 Å². The molecule has 3 aliphatic heterocycles. The van der Waals surface area contributed by atoms with E-state index in [1.165, 1.54) is 6.07 Å². The van der Waals surface area contributed by atoms with Crippen LogP contribution in [0.15, 0.2) is 18.2 Å². The topological polar surface area (TPSA) is 81.7 Å². The number of phenols is 1. The van der Waals surface area contributed by atoms with E-state index in [1.807, 2.05) is 0 Å². The van der Waals surface area contributed by atoms with Crippen molar-refractivity contribution in [3.05, 3.63) is 28.8 Å². The second kappa shape index (κ2) is 8.89. The summed E-state index contributed by atoms with van der Waals surface area (Å²) in [6.07, 6.45) is 4.01. The quantitative estimate of drug-likeness (QED) is 0.686. The van der Waals surface area contributed by atoms with Crippen molar-refractivity contribution < 1.29 is 14.7 Å². The molecule has 3 N–H and O–H groups in total. The molecule has 2 amide bonds. The van der Waals surface area contributed by atoms with Gasteiger partial charge in [0.15, 0.2) is 0 Å². The number of hydrogen-bond acceptors (Lipinski definition) is 4. The van der Waals surface area contributed by atoms with Gasteiger partial charge in [-0.25, -0.2) is 0 Å². The Bertz CT molecular complexity index is 745. The van der Waals surface area contributed by atoms with Gasteiger partial charge in [0.05, 0.1) is 17.5 Å². The summed E-state index contributed by atoms with van der Waals surface area (Å²) in [6, 6.07) is 5.18. The third-order valence-electron chi connectivity index (χ3n) is 6.29. The summed E-state index contributed by atoms with van der Waals surface area (Å²) in [5.41, 5.74) is 0.755. The molecule has 3 saturated heterocycles. The number of nitrogens with zero attached hydrogens (tertiary/aromatic N) is 1. The first kappa shape index (κ1) is 21.2. The molecule has 3 aliphatic rings. The zero-order valence-corrected chi connectivity index (χ0v) is 17.3. The zero-order chi connectivity index (χ0) is 19.0. The second-order valence-corrected chi connectivity index (χ2v) is 8.42. The molecule has 0 radical (unpaired) electrons. The Labute approximate surface area is 176 Å². The molecule has 0 aromatic heterocycles. The normalized spacial score (nSPS) is 28.9. The Balaban J connectivity index is 0.00000225. The third kappa shape index (κ3) is 4.24. The molecule has 1 aromatic carbocycles. The predicted molar refractivity (Wildman–Crippen MR) is 110 cm³/mol. The van der Waals surface area contributed by atoms with Crippen molar-refractivity contribution in [1.82, 2.24) is 15.5 Å². The maximum atomic E-state index is 12.6. The van der Waals surface area contributed by atoms with Gasteiger partial charge >= 0.3 is 0 Å². The molecule has 3 fully saturated rings. The summed E-state index contributed by atoms with van der Waals surface area (Å²) in [4.78, 5) is 27.2. The molecule has 6 nitrogen and oxygen atoms in total. The molecule has 0 saturated carbocycles. The average Bonchev–Trinajstić information content (AvgIpc) is 2.65. The van der Waals surface area contributed by atoms with Gasteiger partial charge < -0.3 is 20.6 Å². The van der Waals surface area contributed by atoms with Gasteiger partial charge in [0.1, 0.15) is 5.75 Å². The molecule has 1 aromatic rings. The Kier molecular flexibility index (Phi) is 6.73. The SMILES string of the molecule is Cl.O=C(Cc1ccc(O)c(Cl)c1)NC[C@H]1[C@@H]2CNC[C@@H](C2)[C@@H]2CCCC(=O)N21. The number of piperidine rings is 3. The Morgan fingerprint density at radius 3 is 2.89 bits per heavy atom. The van der Waals surface area contributed by atoms with Gasteiger partial charge in [-0.1, -0.05) is 17.7 Å². The van der Waals surface area contributed by atoms with Crippen molar-refractivity contribution in [3.8, 4) is 5.75 Å². The van der Waals surface area contributed by atoms with E-state index < -0.39 is 0 Å². The monoisotopic (exact) mass is 427 g/mol. The van der Waals surface area contributed by atoms with Crippen molar-refractivity contribution in [1.29, 1.82) is 0 Å². The molecule has 4 rings (SSSR count). The highest BCUT2D eigenvalue weighted by atomic mass is 35.5. The van der Waals surface area contributed by atoms with Crippen LogP contribution in [-0.4, -0.2) is 53.5 Å². The van der Waals surface area contributed by atoms with E-state index >= 15 is 0 Å². The number of carbonyl (C=O) groups is 2. The number of rotatable bonds is 4. The Morgan fingerprint density at radius 1 is 1.32 bits per heavy atom. The summed E-state index contributed by atoms with van der Waals surface area (Å²) >= 11 is 5.91. The van der Waals surface area contributed by atoms with Crippen LogP contribution in [0.3, 0.4) is 0 Å². The molecule has 28 heavy (non-hydrogen) atoms. The molecular formula is C20H27Cl2N3O3. The number of hydrogen-bond donors (Lipinski definition) is 3. The standard InChI is InChI=1S/C20H26ClN3O3.ClH/c21-15-6-12(4-5-18(15)25)7-19(26)23-11-17-14-8-13(9-22-10-14)16-2-1-3-20(27)24(16)17;/h4-6,13-14,16-17,22,25H,1-3,7-11H2,(H,23,26);1H/t13-,14+,16+,17+;/m1./s1. The van der Waals surface area contributed by atoms with E-state index in [-0.39, 0.29) is 47.5 Å². The fourth-order valence-corrected chi connectivity index (χ4v) is 5.23. The molecule has 8 heteroatoms. The summed E-state index contributed by atoms with van der Waals surface area (Å²) in [6.45, 7) is 2.39. The van der Waals surface area contributed by atoms with Crippen LogP contribution in [0.5, 0.6) is 5.75 Å².